The number of carbonyl (C=O) groups is 2. The maximum atomic E-state index is 12.2. The first-order valence-electron chi connectivity index (χ1n) is 7.06. The molecule has 0 fully saturated rings. The van der Waals surface area contributed by atoms with E-state index in [4.69, 9.17) is 16.0 Å². The van der Waals surface area contributed by atoms with Crippen molar-refractivity contribution in [1.82, 2.24) is 10.9 Å². The van der Waals surface area contributed by atoms with Gasteiger partial charge in [0.25, 0.3) is 11.8 Å². The number of nitrogens with one attached hydrogen (secondary N) is 2. The Balaban J connectivity index is 1.63. The smallest absolute Gasteiger partial charge is 0.281 e. The van der Waals surface area contributed by atoms with Crippen LogP contribution >= 0.6 is 22.9 Å². The normalized spacial score (nSPS) is 11.1. The lowest BCUT2D eigenvalue weighted by molar-refractivity contribution is -0.117. The number of halogens is 1. The van der Waals surface area contributed by atoms with Gasteiger partial charge < -0.3 is 4.42 Å². The molecule has 0 atom stereocenters. The van der Waals surface area contributed by atoms with Gasteiger partial charge in [-0.3, -0.25) is 20.4 Å². The molecule has 0 saturated carbocycles. The molecule has 24 heavy (non-hydrogen) atoms. The Hall–Kier alpha value is -2.57. The van der Waals surface area contributed by atoms with Crippen LogP contribution in [0.4, 0.5) is 0 Å². The molecule has 0 aliphatic heterocycles. The molecule has 3 rings (SSSR count). The van der Waals surface area contributed by atoms with Crippen LogP contribution in [0.5, 0.6) is 0 Å². The zero-order chi connectivity index (χ0) is 17.1. The molecule has 7 heteroatoms. The van der Waals surface area contributed by atoms with Gasteiger partial charge >= 0.3 is 0 Å². The lowest BCUT2D eigenvalue weighted by Crippen LogP contribution is -2.40. The first kappa shape index (κ1) is 16.3. The average molecular weight is 361 g/mol. The molecule has 0 saturated heterocycles. The highest BCUT2D eigenvalue weighted by molar-refractivity contribution is 7.21. The van der Waals surface area contributed by atoms with E-state index in [1.165, 1.54) is 23.5 Å². The third-order valence-electron chi connectivity index (χ3n) is 3.20. The summed E-state index contributed by atoms with van der Waals surface area (Å²) in [5, 5.41) is 1.19. The molecule has 122 valence electrons. The minimum Gasteiger partial charge on any atom is -0.462 e. The van der Waals surface area contributed by atoms with Gasteiger partial charge in [-0.05, 0) is 31.2 Å². The summed E-state index contributed by atoms with van der Waals surface area (Å²) < 4.78 is 6.22. The second kappa shape index (κ2) is 6.90. The summed E-state index contributed by atoms with van der Waals surface area (Å²) in [6, 6.07) is 11.0. The molecule has 2 N–H and O–H groups in total. The standard InChI is InChI=1S/C17H13ClN2O3S/c1-10-6-7-11(23-10)8-9-14(21)19-20-17(22)16-15(18)12-4-2-3-5-13(12)24-16/h2-9H,1H3,(H,19,21)(H,20,22). The van der Waals surface area contributed by atoms with Gasteiger partial charge in [-0.15, -0.1) is 11.3 Å². The van der Waals surface area contributed by atoms with Crippen molar-refractivity contribution in [3.05, 3.63) is 63.9 Å². The topological polar surface area (TPSA) is 71.3 Å². The number of hydrogen-bond donors (Lipinski definition) is 2. The molecule has 0 aliphatic rings. The quantitative estimate of drug-likeness (QED) is 0.549. The SMILES string of the molecule is Cc1ccc(C=CC(=O)NNC(=O)c2sc3ccccc3c2Cl)o1. The number of rotatable bonds is 3. The third kappa shape index (κ3) is 3.50. The van der Waals surface area contributed by atoms with Crippen LogP contribution in [0.3, 0.4) is 0 Å². The van der Waals surface area contributed by atoms with E-state index in [0.29, 0.717) is 15.7 Å². The molecule has 0 unspecified atom stereocenters. The van der Waals surface area contributed by atoms with Gasteiger partial charge in [0.15, 0.2) is 0 Å². The number of thiophene rings is 1. The monoisotopic (exact) mass is 360 g/mol. The zero-order valence-corrected chi connectivity index (χ0v) is 14.2. The second-order valence-electron chi connectivity index (χ2n) is 4.97. The fourth-order valence-electron chi connectivity index (χ4n) is 2.08. The van der Waals surface area contributed by atoms with Crippen LogP contribution in [-0.4, -0.2) is 11.8 Å². The molecule has 0 spiro atoms. The van der Waals surface area contributed by atoms with Gasteiger partial charge in [-0.25, -0.2) is 0 Å². The van der Waals surface area contributed by atoms with Crippen molar-refractivity contribution in [3.63, 3.8) is 0 Å². The van der Waals surface area contributed by atoms with E-state index < -0.39 is 11.8 Å². The summed E-state index contributed by atoms with van der Waals surface area (Å²) in [7, 11) is 0. The van der Waals surface area contributed by atoms with Crippen LogP contribution in [0, 0.1) is 6.92 Å². The molecule has 2 heterocycles. The van der Waals surface area contributed by atoms with Crippen LogP contribution in [0.2, 0.25) is 5.02 Å². The van der Waals surface area contributed by atoms with Crippen LogP contribution in [0.25, 0.3) is 16.2 Å². The first-order chi connectivity index (χ1) is 11.5. The molecule has 2 aromatic heterocycles. The van der Waals surface area contributed by atoms with E-state index in [9.17, 15) is 9.59 Å². The summed E-state index contributed by atoms with van der Waals surface area (Å²) in [5.41, 5.74) is 4.66. The highest BCUT2D eigenvalue weighted by Gasteiger charge is 2.16. The number of amides is 2. The Morgan fingerprint density at radius 2 is 1.96 bits per heavy atom. The van der Waals surface area contributed by atoms with E-state index >= 15 is 0 Å². The minimum atomic E-state index is -0.477. The Morgan fingerprint density at radius 1 is 1.17 bits per heavy atom. The van der Waals surface area contributed by atoms with Crippen molar-refractivity contribution >= 4 is 50.9 Å². The highest BCUT2D eigenvalue weighted by atomic mass is 35.5. The van der Waals surface area contributed by atoms with E-state index in [1.54, 1.807) is 12.1 Å². The summed E-state index contributed by atoms with van der Waals surface area (Å²) in [4.78, 5) is 24.3. The van der Waals surface area contributed by atoms with Crippen LogP contribution in [-0.2, 0) is 4.79 Å². The number of hydrazine groups is 1. The van der Waals surface area contributed by atoms with Crippen molar-refractivity contribution < 1.29 is 14.0 Å². The third-order valence-corrected chi connectivity index (χ3v) is 4.87. The van der Waals surface area contributed by atoms with Crippen molar-refractivity contribution in [2.24, 2.45) is 0 Å². The van der Waals surface area contributed by atoms with Crippen LogP contribution in [0.1, 0.15) is 21.2 Å². The predicted molar refractivity (Wildman–Crippen MR) is 94.9 cm³/mol. The van der Waals surface area contributed by atoms with Gasteiger partial charge in [-0.2, -0.15) is 0 Å². The van der Waals surface area contributed by atoms with Gasteiger partial charge in [0.05, 0.1) is 5.02 Å². The van der Waals surface area contributed by atoms with Gasteiger partial charge in [-0.1, -0.05) is 29.8 Å². The molecular weight excluding hydrogens is 348 g/mol. The Bertz CT molecular complexity index is 942. The van der Waals surface area contributed by atoms with E-state index in [2.05, 4.69) is 10.9 Å². The number of furan rings is 1. The molecule has 5 nitrogen and oxygen atoms in total. The number of hydrogen-bond acceptors (Lipinski definition) is 4. The van der Waals surface area contributed by atoms with Crippen molar-refractivity contribution in [3.8, 4) is 0 Å². The van der Waals surface area contributed by atoms with E-state index in [0.717, 1.165) is 15.8 Å². The van der Waals surface area contributed by atoms with Crippen molar-refractivity contribution in [1.29, 1.82) is 0 Å². The van der Waals surface area contributed by atoms with E-state index in [1.807, 2.05) is 31.2 Å². The Morgan fingerprint density at radius 3 is 2.67 bits per heavy atom. The predicted octanol–water partition coefficient (Wildman–Crippen LogP) is 3.93. The minimum absolute atomic E-state index is 0.351. The molecule has 0 radical (unpaired) electrons. The van der Waals surface area contributed by atoms with Gasteiger partial charge in [0, 0.05) is 16.2 Å². The summed E-state index contributed by atoms with van der Waals surface area (Å²) in [6.07, 6.45) is 2.78. The molecule has 1 aromatic carbocycles. The number of benzene rings is 1. The highest BCUT2D eigenvalue weighted by Crippen LogP contribution is 2.34. The molecule has 0 aliphatic carbocycles. The lowest BCUT2D eigenvalue weighted by atomic mass is 10.2. The lowest BCUT2D eigenvalue weighted by Gasteiger charge is -2.03. The molecular formula is C17H13ClN2O3S. The van der Waals surface area contributed by atoms with Crippen molar-refractivity contribution in [2.75, 3.05) is 0 Å². The number of carbonyl (C=O) groups excluding carboxylic acids is 2. The van der Waals surface area contributed by atoms with E-state index in [-0.39, 0.29) is 0 Å². The van der Waals surface area contributed by atoms with Crippen molar-refractivity contribution in [2.45, 2.75) is 6.92 Å². The number of fused-ring (bicyclic) bond motifs is 1. The Kier molecular flexibility index (Phi) is 4.69. The summed E-state index contributed by atoms with van der Waals surface area (Å²) in [6.45, 7) is 1.81. The largest absolute Gasteiger partial charge is 0.462 e. The molecule has 2 amide bonds. The summed E-state index contributed by atoms with van der Waals surface area (Å²) >= 11 is 7.49. The maximum Gasteiger partial charge on any atom is 0.281 e. The van der Waals surface area contributed by atoms with Gasteiger partial charge in [0.1, 0.15) is 16.4 Å². The fourth-order valence-corrected chi connectivity index (χ4v) is 3.49. The fraction of sp³-hybridized carbons (Fsp3) is 0.0588. The second-order valence-corrected chi connectivity index (χ2v) is 6.40. The maximum absolute atomic E-state index is 12.2. The Labute approximate surface area is 146 Å². The first-order valence-corrected chi connectivity index (χ1v) is 8.26. The van der Waals surface area contributed by atoms with Gasteiger partial charge in [0.2, 0.25) is 0 Å². The summed E-state index contributed by atoms with van der Waals surface area (Å²) in [5.74, 6) is 0.371. The molecule has 3 aromatic rings. The van der Waals surface area contributed by atoms with Crippen LogP contribution < -0.4 is 10.9 Å². The number of aryl methyl sites for hydroxylation is 1. The zero-order valence-electron chi connectivity index (χ0n) is 12.6. The van der Waals surface area contributed by atoms with Crippen LogP contribution in [0.15, 0.2) is 46.9 Å². The molecule has 0 bridgehead atoms. The average Bonchev–Trinajstić information content (AvgIpc) is 3.15.